The van der Waals surface area contributed by atoms with Crippen molar-refractivity contribution >= 4 is 11.8 Å². The van der Waals surface area contributed by atoms with Gasteiger partial charge in [0.25, 0.3) is 0 Å². The van der Waals surface area contributed by atoms with E-state index in [0.717, 1.165) is 5.56 Å². The van der Waals surface area contributed by atoms with Crippen LogP contribution < -0.4 is 5.32 Å². The van der Waals surface area contributed by atoms with E-state index in [4.69, 9.17) is 11.2 Å². The Morgan fingerprint density at radius 2 is 1.79 bits per heavy atom. The zero-order chi connectivity index (χ0) is 14.7. The first-order valence-corrected chi connectivity index (χ1v) is 6.23. The molecular formula is C16H21NO2. The summed E-state index contributed by atoms with van der Waals surface area (Å²) >= 11 is 0. The highest BCUT2D eigenvalue weighted by Gasteiger charge is 2.23. The summed E-state index contributed by atoms with van der Waals surface area (Å²) in [6.45, 7) is 9.34. The predicted octanol–water partition coefficient (Wildman–Crippen LogP) is 3.94. The average molecular weight is 259 g/mol. The van der Waals surface area contributed by atoms with E-state index in [1.54, 1.807) is 0 Å². The molecule has 0 saturated carbocycles. The average Bonchev–Trinajstić information content (AvgIpc) is 2.27. The van der Waals surface area contributed by atoms with E-state index in [2.05, 4.69) is 11.2 Å². The highest BCUT2D eigenvalue weighted by Crippen LogP contribution is 2.29. The molecule has 0 aliphatic heterocycles. The van der Waals surface area contributed by atoms with Gasteiger partial charge in [-0.3, -0.25) is 5.32 Å². The summed E-state index contributed by atoms with van der Waals surface area (Å²) in [6.07, 6.45) is 5.07. The first-order valence-electron chi connectivity index (χ1n) is 6.23. The lowest BCUT2D eigenvalue weighted by atomic mass is 9.84. The molecule has 1 N–H and O–H groups in total. The second-order valence-electron chi connectivity index (χ2n) is 5.94. The summed E-state index contributed by atoms with van der Waals surface area (Å²) < 4.78 is 5.24. The van der Waals surface area contributed by atoms with Crippen molar-refractivity contribution in [2.45, 2.75) is 45.6 Å². The Hall–Kier alpha value is -1.95. The van der Waals surface area contributed by atoms with Crippen LogP contribution in [-0.2, 0) is 10.2 Å². The monoisotopic (exact) mass is 259 g/mol. The first kappa shape index (κ1) is 15.1. The minimum atomic E-state index is -0.527. The van der Waals surface area contributed by atoms with Crippen LogP contribution in [0.25, 0.3) is 0 Å². The SMILES string of the molecule is C#CC(C)(C)c1ccccc1NC(=O)OC(C)(C)C. The number of hydrogen-bond donors (Lipinski definition) is 1. The van der Waals surface area contributed by atoms with Gasteiger partial charge in [-0.15, -0.1) is 6.42 Å². The summed E-state index contributed by atoms with van der Waals surface area (Å²) in [6, 6.07) is 7.47. The number of anilines is 1. The molecule has 0 bridgehead atoms. The topological polar surface area (TPSA) is 38.3 Å². The maximum atomic E-state index is 11.8. The molecule has 0 spiro atoms. The number of carbonyl (C=O) groups excluding carboxylic acids is 1. The number of ether oxygens (including phenoxy) is 1. The smallest absolute Gasteiger partial charge is 0.412 e. The lowest BCUT2D eigenvalue weighted by Gasteiger charge is -2.24. The van der Waals surface area contributed by atoms with Crippen molar-refractivity contribution in [1.29, 1.82) is 0 Å². The van der Waals surface area contributed by atoms with Crippen molar-refractivity contribution in [2.24, 2.45) is 0 Å². The van der Waals surface area contributed by atoms with E-state index >= 15 is 0 Å². The Balaban J connectivity index is 2.98. The van der Waals surface area contributed by atoms with Crippen LogP contribution in [0.2, 0.25) is 0 Å². The fraction of sp³-hybridized carbons (Fsp3) is 0.438. The van der Waals surface area contributed by atoms with Gasteiger partial charge in [0.05, 0.1) is 5.41 Å². The molecule has 102 valence electrons. The Kier molecular flexibility index (Phi) is 4.26. The third kappa shape index (κ3) is 4.33. The van der Waals surface area contributed by atoms with Crippen molar-refractivity contribution in [3.63, 3.8) is 0 Å². The van der Waals surface area contributed by atoms with Crippen molar-refractivity contribution in [1.82, 2.24) is 0 Å². The minimum absolute atomic E-state index is 0.453. The van der Waals surface area contributed by atoms with Crippen molar-refractivity contribution in [2.75, 3.05) is 5.32 Å². The van der Waals surface area contributed by atoms with Gasteiger partial charge in [-0.2, -0.15) is 0 Å². The molecule has 1 aromatic rings. The fourth-order valence-electron chi connectivity index (χ4n) is 1.63. The highest BCUT2D eigenvalue weighted by atomic mass is 16.6. The van der Waals surface area contributed by atoms with Crippen LogP contribution >= 0.6 is 0 Å². The van der Waals surface area contributed by atoms with E-state index in [-0.39, 0.29) is 0 Å². The number of nitrogens with one attached hydrogen (secondary N) is 1. The standard InChI is InChI=1S/C16H21NO2/c1-7-16(5,6)12-10-8-9-11-13(12)17-14(18)19-15(2,3)4/h1,8-11H,2-6H3,(H,17,18). The van der Waals surface area contributed by atoms with Gasteiger partial charge in [0, 0.05) is 5.69 Å². The molecule has 0 atom stereocenters. The number of rotatable bonds is 2. The first-order chi connectivity index (χ1) is 8.65. The molecule has 0 heterocycles. The van der Waals surface area contributed by atoms with E-state index in [0.29, 0.717) is 5.69 Å². The number of amides is 1. The maximum Gasteiger partial charge on any atom is 0.412 e. The molecule has 0 aliphatic carbocycles. The quantitative estimate of drug-likeness (QED) is 0.817. The van der Waals surface area contributed by atoms with Gasteiger partial charge >= 0.3 is 6.09 Å². The van der Waals surface area contributed by atoms with E-state index in [9.17, 15) is 4.79 Å². The second kappa shape index (κ2) is 5.36. The Morgan fingerprint density at radius 3 is 2.32 bits per heavy atom. The maximum absolute atomic E-state index is 11.8. The zero-order valence-corrected chi connectivity index (χ0v) is 12.2. The normalized spacial score (nSPS) is 11.6. The summed E-state index contributed by atoms with van der Waals surface area (Å²) in [5.41, 5.74) is 0.592. The lowest BCUT2D eigenvalue weighted by Crippen LogP contribution is -2.28. The van der Waals surface area contributed by atoms with Crippen LogP contribution in [0.3, 0.4) is 0 Å². The van der Waals surface area contributed by atoms with Crippen LogP contribution in [0.15, 0.2) is 24.3 Å². The van der Waals surface area contributed by atoms with E-state index in [1.165, 1.54) is 0 Å². The lowest BCUT2D eigenvalue weighted by molar-refractivity contribution is 0.0636. The molecule has 0 saturated heterocycles. The molecule has 0 unspecified atom stereocenters. The minimum Gasteiger partial charge on any atom is -0.444 e. The summed E-state index contributed by atoms with van der Waals surface area (Å²) in [5, 5.41) is 2.75. The molecular weight excluding hydrogens is 238 g/mol. The molecule has 0 aliphatic rings. The molecule has 19 heavy (non-hydrogen) atoms. The largest absolute Gasteiger partial charge is 0.444 e. The third-order valence-corrected chi connectivity index (χ3v) is 2.60. The van der Waals surface area contributed by atoms with Crippen LogP contribution in [-0.4, -0.2) is 11.7 Å². The molecule has 0 radical (unpaired) electrons. The number of benzene rings is 1. The molecule has 0 fully saturated rings. The Labute approximate surface area is 115 Å². The van der Waals surface area contributed by atoms with Gasteiger partial charge in [-0.25, -0.2) is 4.79 Å². The van der Waals surface area contributed by atoms with Crippen LogP contribution in [0.1, 0.15) is 40.2 Å². The highest BCUT2D eigenvalue weighted by molar-refractivity contribution is 5.86. The van der Waals surface area contributed by atoms with Gasteiger partial charge in [0.1, 0.15) is 5.60 Å². The van der Waals surface area contributed by atoms with Gasteiger partial charge in [0.2, 0.25) is 0 Å². The molecule has 0 aromatic heterocycles. The van der Waals surface area contributed by atoms with Gasteiger partial charge in [0.15, 0.2) is 0 Å². The second-order valence-corrected chi connectivity index (χ2v) is 5.94. The zero-order valence-electron chi connectivity index (χ0n) is 12.2. The third-order valence-electron chi connectivity index (χ3n) is 2.60. The van der Waals surface area contributed by atoms with Gasteiger partial charge < -0.3 is 4.74 Å². The van der Waals surface area contributed by atoms with Crippen molar-refractivity contribution in [3.05, 3.63) is 29.8 Å². The summed E-state index contributed by atoms with van der Waals surface area (Å²) in [7, 11) is 0. The molecule has 3 nitrogen and oxygen atoms in total. The number of carbonyl (C=O) groups is 1. The Bertz CT molecular complexity index is 504. The summed E-state index contributed by atoms with van der Waals surface area (Å²) in [5.74, 6) is 2.73. The molecule has 1 rings (SSSR count). The molecule has 1 aromatic carbocycles. The fourth-order valence-corrected chi connectivity index (χ4v) is 1.63. The summed E-state index contributed by atoms with van der Waals surface area (Å²) in [4.78, 5) is 11.8. The van der Waals surface area contributed by atoms with Crippen LogP contribution in [0, 0.1) is 12.3 Å². The van der Waals surface area contributed by atoms with Gasteiger partial charge in [-0.1, -0.05) is 24.1 Å². The molecule has 3 heteroatoms. The number of hydrogen-bond acceptors (Lipinski definition) is 2. The van der Waals surface area contributed by atoms with E-state index in [1.807, 2.05) is 58.9 Å². The Morgan fingerprint density at radius 1 is 1.21 bits per heavy atom. The van der Waals surface area contributed by atoms with Crippen molar-refractivity contribution in [3.8, 4) is 12.3 Å². The van der Waals surface area contributed by atoms with Crippen molar-refractivity contribution < 1.29 is 9.53 Å². The van der Waals surface area contributed by atoms with Crippen LogP contribution in [0.5, 0.6) is 0 Å². The number of para-hydroxylation sites is 1. The van der Waals surface area contributed by atoms with E-state index < -0.39 is 17.1 Å². The van der Waals surface area contributed by atoms with Crippen LogP contribution in [0.4, 0.5) is 10.5 Å². The molecule has 1 amide bonds. The van der Waals surface area contributed by atoms with Gasteiger partial charge in [-0.05, 0) is 46.2 Å². The predicted molar refractivity (Wildman–Crippen MR) is 78.2 cm³/mol. The number of terminal acetylenes is 1.